The van der Waals surface area contributed by atoms with Gasteiger partial charge in [-0.15, -0.1) is 0 Å². The van der Waals surface area contributed by atoms with Crippen molar-refractivity contribution in [2.24, 2.45) is 0 Å². The molecule has 0 radical (unpaired) electrons. The molecule has 266 valence electrons. The van der Waals surface area contributed by atoms with E-state index < -0.39 is 5.41 Å². The number of nitrogens with zero attached hydrogens (tertiary/aromatic N) is 4. The SMILES string of the molecule is [C-]#[N+]c1cccc2c1-c1cc(-c3cccc(-c4nc(-c5ccccc5)nc(-c5cccc(-c6ccccc6)c5)n4)c3)ccc1C2(c1ccccc1)c1ccccc1. The van der Waals surface area contributed by atoms with E-state index in [0.29, 0.717) is 23.2 Å². The fraction of sp³-hybridized carbons (Fsp3) is 0.0189. The van der Waals surface area contributed by atoms with Gasteiger partial charge in [-0.2, -0.15) is 0 Å². The summed E-state index contributed by atoms with van der Waals surface area (Å²) < 4.78 is 0. The van der Waals surface area contributed by atoms with E-state index in [1.807, 2.05) is 48.5 Å². The van der Waals surface area contributed by atoms with Crippen LogP contribution in [-0.2, 0) is 5.41 Å². The molecular formula is C53H34N4. The molecule has 57 heavy (non-hydrogen) atoms. The summed E-state index contributed by atoms with van der Waals surface area (Å²) in [6, 6.07) is 71.5. The van der Waals surface area contributed by atoms with Crippen molar-refractivity contribution < 1.29 is 0 Å². The van der Waals surface area contributed by atoms with Crippen LogP contribution in [-0.4, -0.2) is 15.0 Å². The topological polar surface area (TPSA) is 43.0 Å². The lowest BCUT2D eigenvalue weighted by molar-refractivity contribution is 0.769. The van der Waals surface area contributed by atoms with Crippen LogP contribution in [0.3, 0.4) is 0 Å². The minimum Gasteiger partial charge on any atom is -0.238 e. The van der Waals surface area contributed by atoms with Gasteiger partial charge in [0, 0.05) is 16.7 Å². The Morgan fingerprint density at radius 2 is 0.789 bits per heavy atom. The Kier molecular flexibility index (Phi) is 8.39. The molecule has 0 aliphatic heterocycles. The van der Waals surface area contributed by atoms with Gasteiger partial charge < -0.3 is 0 Å². The molecule has 0 spiro atoms. The van der Waals surface area contributed by atoms with Gasteiger partial charge in [0.2, 0.25) is 0 Å². The van der Waals surface area contributed by atoms with Crippen LogP contribution in [0.4, 0.5) is 5.69 Å². The number of hydrogen-bond acceptors (Lipinski definition) is 3. The molecule has 9 aromatic rings. The normalized spacial score (nSPS) is 12.3. The maximum Gasteiger partial charge on any atom is 0.195 e. The van der Waals surface area contributed by atoms with Gasteiger partial charge in [-0.05, 0) is 73.8 Å². The number of fused-ring (bicyclic) bond motifs is 3. The first-order valence-corrected chi connectivity index (χ1v) is 19.1. The van der Waals surface area contributed by atoms with Gasteiger partial charge >= 0.3 is 0 Å². The van der Waals surface area contributed by atoms with Crippen LogP contribution in [0.5, 0.6) is 0 Å². The molecule has 0 amide bonds. The van der Waals surface area contributed by atoms with Gasteiger partial charge in [-0.1, -0.05) is 188 Å². The zero-order valence-electron chi connectivity index (χ0n) is 30.9. The molecule has 1 aliphatic rings. The van der Waals surface area contributed by atoms with E-state index in [2.05, 4.69) is 163 Å². The third kappa shape index (κ3) is 5.82. The Hall–Kier alpha value is -7.74. The summed E-state index contributed by atoms with van der Waals surface area (Å²) in [4.78, 5) is 19.2. The van der Waals surface area contributed by atoms with Gasteiger partial charge in [0.1, 0.15) is 0 Å². The smallest absolute Gasteiger partial charge is 0.195 e. The summed E-state index contributed by atoms with van der Waals surface area (Å²) in [6.45, 7) is 8.25. The highest BCUT2D eigenvalue weighted by Crippen LogP contribution is 2.59. The highest BCUT2D eigenvalue weighted by Gasteiger charge is 2.46. The minimum atomic E-state index is -0.582. The fourth-order valence-corrected chi connectivity index (χ4v) is 8.45. The molecule has 0 saturated heterocycles. The average Bonchev–Trinajstić information content (AvgIpc) is 3.61. The van der Waals surface area contributed by atoms with Crippen molar-refractivity contribution in [2.45, 2.75) is 5.41 Å². The monoisotopic (exact) mass is 726 g/mol. The van der Waals surface area contributed by atoms with Crippen molar-refractivity contribution in [3.8, 4) is 67.5 Å². The summed E-state index contributed by atoms with van der Waals surface area (Å²) in [6.07, 6.45) is 0. The maximum absolute atomic E-state index is 8.25. The molecule has 10 rings (SSSR count). The first kappa shape index (κ1) is 33.8. The molecule has 8 aromatic carbocycles. The van der Waals surface area contributed by atoms with Gasteiger partial charge in [0.25, 0.3) is 0 Å². The van der Waals surface area contributed by atoms with Gasteiger partial charge in [-0.25, -0.2) is 19.8 Å². The lowest BCUT2D eigenvalue weighted by Gasteiger charge is -2.34. The lowest BCUT2D eigenvalue weighted by Crippen LogP contribution is -2.28. The summed E-state index contributed by atoms with van der Waals surface area (Å²) in [5.74, 6) is 1.82. The first-order valence-electron chi connectivity index (χ1n) is 19.1. The molecule has 0 fully saturated rings. The third-order valence-electron chi connectivity index (χ3n) is 11.0. The molecule has 4 heteroatoms. The first-order chi connectivity index (χ1) is 28.2. The molecular weight excluding hydrogens is 693 g/mol. The quantitative estimate of drug-likeness (QED) is 0.154. The van der Waals surface area contributed by atoms with Crippen LogP contribution in [0.15, 0.2) is 206 Å². The van der Waals surface area contributed by atoms with E-state index in [4.69, 9.17) is 21.5 Å². The second-order valence-corrected chi connectivity index (χ2v) is 14.3. The number of benzene rings is 8. The second kappa shape index (κ2) is 14.2. The number of hydrogen-bond donors (Lipinski definition) is 0. The van der Waals surface area contributed by atoms with Crippen molar-refractivity contribution >= 4 is 5.69 Å². The van der Waals surface area contributed by atoms with Crippen LogP contribution in [0.25, 0.3) is 72.4 Å². The average molecular weight is 727 g/mol. The fourth-order valence-electron chi connectivity index (χ4n) is 8.45. The van der Waals surface area contributed by atoms with E-state index in [1.54, 1.807) is 0 Å². The van der Waals surface area contributed by atoms with E-state index in [0.717, 1.165) is 55.6 Å². The molecule has 1 aromatic heterocycles. The maximum atomic E-state index is 8.25. The van der Waals surface area contributed by atoms with Crippen molar-refractivity contribution in [2.75, 3.05) is 0 Å². The summed E-state index contributed by atoms with van der Waals surface area (Å²) >= 11 is 0. The van der Waals surface area contributed by atoms with Crippen molar-refractivity contribution in [3.63, 3.8) is 0 Å². The van der Waals surface area contributed by atoms with E-state index in [9.17, 15) is 0 Å². The molecule has 0 saturated carbocycles. The Bertz CT molecular complexity index is 2910. The Labute approximate surface area is 332 Å². The zero-order chi connectivity index (χ0) is 38.2. The van der Waals surface area contributed by atoms with E-state index in [1.165, 1.54) is 16.7 Å². The van der Waals surface area contributed by atoms with Crippen LogP contribution < -0.4 is 0 Å². The molecule has 0 N–H and O–H groups in total. The predicted molar refractivity (Wildman–Crippen MR) is 231 cm³/mol. The molecule has 0 atom stereocenters. The van der Waals surface area contributed by atoms with Crippen LogP contribution in [0.2, 0.25) is 0 Å². The second-order valence-electron chi connectivity index (χ2n) is 14.3. The summed E-state index contributed by atoms with van der Waals surface area (Å²) in [5, 5.41) is 0. The Balaban J connectivity index is 1.13. The third-order valence-corrected chi connectivity index (χ3v) is 11.0. The standard InChI is InChI=1S/C53H34N4/c1-54-48-30-16-29-47-49(48)45-35-40(31-32-46(45)53(47,43-25-10-4-11-26-43)44-27-12-5-13-28-44)39-22-15-24-42(34-39)52-56-50(37-19-8-3-9-20-37)55-51(57-52)41-23-14-21-38(33-41)36-17-6-2-7-18-36/h2-35H. The van der Waals surface area contributed by atoms with Crippen molar-refractivity contribution in [3.05, 3.63) is 240 Å². The zero-order valence-corrected chi connectivity index (χ0v) is 30.9. The Morgan fingerprint density at radius 3 is 1.35 bits per heavy atom. The molecule has 1 heterocycles. The Morgan fingerprint density at radius 1 is 0.351 bits per heavy atom. The van der Waals surface area contributed by atoms with Gasteiger partial charge in [0.15, 0.2) is 23.2 Å². The van der Waals surface area contributed by atoms with Crippen LogP contribution in [0.1, 0.15) is 22.3 Å². The van der Waals surface area contributed by atoms with E-state index in [-0.39, 0.29) is 0 Å². The predicted octanol–water partition coefficient (Wildman–Crippen LogP) is 13.1. The highest BCUT2D eigenvalue weighted by atomic mass is 15.0. The minimum absolute atomic E-state index is 0.582. The molecule has 0 bridgehead atoms. The number of aromatic nitrogens is 3. The van der Waals surface area contributed by atoms with Gasteiger partial charge in [-0.3, -0.25) is 0 Å². The van der Waals surface area contributed by atoms with Crippen LogP contribution >= 0.6 is 0 Å². The van der Waals surface area contributed by atoms with E-state index >= 15 is 0 Å². The van der Waals surface area contributed by atoms with Crippen LogP contribution in [0, 0.1) is 6.57 Å². The summed E-state index contributed by atoms with van der Waals surface area (Å²) in [5.41, 5.74) is 13.8. The summed E-state index contributed by atoms with van der Waals surface area (Å²) in [7, 11) is 0. The highest BCUT2D eigenvalue weighted by molar-refractivity contribution is 5.95. The molecule has 4 nitrogen and oxygen atoms in total. The molecule has 0 unspecified atom stereocenters. The largest absolute Gasteiger partial charge is 0.238 e. The number of rotatable bonds is 7. The molecule has 1 aliphatic carbocycles. The van der Waals surface area contributed by atoms with Crippen molar-refractivity contribution in [1.82, 2.24) is 15.0 Å². The van der Waals surface area contributed by atoms with Gasteiger partial charge in [0.05, 0.1) is 12.0 Å². The van der Waals surface area contributed by atoms with Crippen molar-refractivity contribution in [1.29, 1.82) is 0 Å². The lowest BCUT2D eigenvalue weighted by atomic mass is 9.67.